The number of carbonyl (C=O) groups is 2. The zero-order valence-corrected chi connectivity index (χ0v) is 15.8. The third-order valence-electron chi connectivity index (χ3n) is 3.94. The predicted octanol–water partition coefficient (Wildman–Crippen LogP) is 4.28. The van der Waals surface area contributed by atoms with Crippen LogP contribution in [0, 0.1) is 5.92 Å². The van der Waals surface area contributed by atoms with E-state index < -0.39 is 0 Å². The van der Waals surface area contributed by atoms with Crippen LogP contribution >= 0.6 is 0 Å². The molecule has 0 aliphatic heterocycles. The first-order valence-corrected chi connectivity index (χ1v) is 9.52. The van der Waals surface area contributed by atoms with E-state index in [0.717, 1.165) is 19.3 Å². The van der Waals surface area contributed by atoms with E-state index in [9.17, 15) is 9.59 Å². The molecule has 0 N–H and O–H groups in total. The summed E-state index contributed by atoms with van der Waals surface area (Å²) in [5.41, 5.74) is 0. The summed E-state index contributed by atoms with van der Waals surface area (Å²) < 4.78 is 15.6. The van der Waals surface area contributed by atoms with E-state index in [1.807, 2.05) is 6.92 Å². The van der Waals surface area contributed by atoms with Crippen molar-refractivity contribution in [1.29, 1.82) is 0 Å². The summed E-state index contributed by atoms with van der Waals surface area (Å²) in [7, 11) is 0. The van der Waals surface area contributed by atoms with E-state index in [2.05, 4.69) is 13.8 Å². The van der Waals surface area contributed by atoms with E-state index in [4.69, 9.17) is 14.2 Å². The fourth-order valence-electron chi connectivity index (χ4n) is 2.28. The Kier molecular flexibility index (Phi) is 16.0. The Morgan fingerprint density at radius 1 is 0.833 bits per heavy atom. The van der Waals surface area contributed by atoms with Crippen molar-refractivity contribution in [2.75, 3.05) is 26.4 Å². The van der Waals surface area contributed by atoms with Crippen molar-refractivity contribution in [3.8, 4) is 0 Å². The Balaban J connectivity index is 3.55. The number of hydrogen-bond acceptors (Lipinski definition) is 5. The van der Waals surface area contributed by atoms with E-state index in [-0.39, 0.29) is 11.9 Å². The highest BCUT2D eigenvalue weighted by Gasteiger charge is 2.10. The molecule has 0 amide bonds. The Morgan fingerprint density at radius 3 is 2.08 bits per heavy atom. The van der Waals surface area contributed by atoms with Gasteiger partial charge in [-0.25, -0.2) is 0 Å². The summed E-state index contributed by atoms with van der Waals surface area (Å²) >= 11 is 0. The number of esters is 2. The quantitative estimate of drug-likeness (QED) is 0.309. The topological polar surface area (TPSA) is 61.8 Å². The average molecular weight is 344 g/mol. The van der Waals surface area contributed by atoms with Crippen molar-refractivity contribution >= 4 is 11.9 Å². The zero-order chi connectivity index (χ0) is 18.0. The maximum Gasteiger partial charge on any atom is 0.305 e. The average Bonchev–Trinajstić information content (AvgIpc) is 2.58. The summed E-state index contributed by atoms with van der Waals surface area (Å²) in [4.78, 5) is 23.2. The summed E-state index contributed by atoms with van der Waals surface area (Å²) in [5.74, 6) is 0.112. The smallest absolute Gasteiger partial charge is 0.305 e. The molecule has 142 valence electrons. The Bertz CT molecular complexity index is 317. The van der Waals surface area contributed by atoms with Crippen molar-refractivity contribution in [1.82, 2.24) is 0 Å². The van der Waals surface area contributed by atoms with Crippen LogP contribution in [-0.4, -0.2) is 38.4 Å². The van der Waals surface area contributed by atoms with Crippen LogP contribution in [0.25, 0.3) is 0 Å². The second kappa shape index (κ2) is 16.7. The lowest BCUT2D eigenvalue weighted by atomic mass is 10.0. The van der Waals surface area contributed by atoms with Gasteiger partial charge in [0, 0.05) is 32.5 Å². The Hall–Kier alpha value is -1.10. The molecule has 0 aromatic heterocycles. The molecule has 0 aromatic carbocycles. The molecule has 0 aliphatic rings. The molecule has 0 aliphatic carbocycles. The van der Waals surface area contributed by atoms with Crippen molar-refractivity contribution in [3.63, 3.8) is 0 Å². The van der Waals surface area contributed by atoms with Gasteiger partial charge in [-0.05, 0) is 32.1 Å². The lowest BCUT2D eigenvalue weighted by molar-refractivity contribution is -0.147. The molecule has 0 aromatic rings. The molecule has 5 nitrogen and oxygen atoms in total. The number of hydrogen-bond donors (Lipinski definition) is 0. The second-order valence-electron chi connectivity index (χ2n) is 6.08. The van der Waals surface area contributed by atoms with Crippen LogP contribution < -0.4 is 0 Å². The minimum Gasteiger partial charge on any atom is -0.466 e. The predicted molar refractivity (Wildman–Crippen MR) is 94.8 cm³/mol. The molecule has 0 saturated carbocycles. The van der Waals surface area contributed by atoms with Gasteiger partial charge in [-0.1, -0.05) is 33.1 Å². The number of ether oxygens (including phenoxy) is 3. The maximum atomic E-state index is 11.7. The van der Waals surface area contributed by atoms with Crippen molar-refractivity contribution in [2.45, 2.75) is 78.6 Å². The standard InChI is InChI=1S/C19H36O5/c1-4-7-11-17(5-2)16-24-19(21)13-9-8-12-18(20)23-15-10-14-22-6-3/h17H,4-16H2,1-3H3. The summed E-state index contributed by atoms with van der Waals surface area (Å²) in [6.07, 6.45) is 7.30. The highest BCUT2D eigenvalue weighted by Crippen LogP contribution is 2.13. The molecule has 0 fully saturated rings. The van der Waals surface area contributed by atoms with Crippen molar-refractivity contribution < 1.29 is 23.8 Å². The van der Waals surface area contributed by atoms with Crippen molar-refractivity contribution in [2.24, 2.45) is 5.92 Å². The van der Waals surface area contributed by atoms with E-state index in [1.165, 1.54) is 12.8 Å². The van der Waals surface area contributed by atoms with E-state index in [0.29, 0.717) is 58.0 Å². The molecule has 0 radical (unpaired) electrons. The van der Waals surface area contributed by atoms with Crippen LogP contribution in [0.2, 0.25) is 0 Å². The minimum absolute atomic E-state index is 0.157. The summed E-state index contributed by atoms with van der Waals surface area (Å²) in [6.45, 7) is 8.46. The van der Waals surface area contributed by atoms with E-state index in [1.54, 1.807) is 0 Å². The molecule has 0 spiro atoms. The lowest BCUT2D eigenvalue weighted by Gasteiger charge is -2.14. The van der Waals surface area contributed by atoms with Crippen LogP contribution in [0.5, 0.6) is 0 Å². The molecule has 1 unspecified atom stereocenters. The van der Waals surface area contributed by atoms with Gasteiger partial charge in [0.15, 0.2) is 0 Å². The van der Waals surface area contributed by atoms with Gasteiger partial charge >= 0.3 is 11.9 Å². The van der Waals surface area contributed by atoms with Gasteiger partial charge < -0.3 is 14.2 Å². The van der Waals surface area contributed by atoms with E-state index >= 15 is 0 Å². The van der Waals surface area contributed by atoms with Gasteiger partial charge in [-0.3, -0.25) is 9.59 Å². The molecule has 1 atom stereocenters. The van der Waals surface area contributed by atoms with Gasteiger partial charge in [-0.15, -0.1) is 0 Å². The SMILES string of the molecule is CCCCC(CC)COC(=O)CCCCC(=O)OCCCOCC. The number of carbonyl (C=O) groups excluding carboxylic acids is 2. The van der Waals surface area contributed by atoms with Gasteiger partial charge in [0.1, 0.15) is 0 Å². The first kappa shape index (κ1) is 22.9. The lowest BCUT2D eigenvalue weighted by Crippen LogP contribution is -2.14. The molecule has 0 rings (SSSR count). The third-order valence-corrected chi connectivity index (χ3v) is 3.94. The highest BCUT2D eigenvalue weighted by atomic mass is 16.5. The van der Waals surface area contributed by atoms with Crippen LogP contribution in [0.3, 0.4) is 0 Å². The van der Waals surface area contributed by atoms with Crippen molar-refractivity contribution in [3.05, 3.63) is 0 Å². The molecular formula is C19H36O5. The Morgan fingerprint density at radius 2 is 1.50 bits per heavy atom. The second-order valence-corrected chi connectivity index (χ2v) is 6.08. The largest absolute Gasteiger partial charge is 0.466 e. The van der Waals surface area contributed by atoms with Crippen LogP contribution in [-0.2, 0) is 23.8 Å². The monoisotopic (exact) mass is 344 g/mol. The van der Waals surface area contributed by atoms with Gasteiger partial charge in [-0.2, -0.15) is 0 Å². The Labute approximate surface area is 147 Å². The summed E-state index contributed by atoms with van der Waals surface area (Å²) in [6, 6.07) is 0. The van der Waals surface area contributed by atoms with Crippen LogP contribution in [0.15, 0.2) is 0 Å². The van der Waals surface area contributed by atoms with Gasteiger partial charge in [0.25, 0.3) is 0 Å². The van der Waals surface area contributed by atoms with Crippen LogP contribution in [0.4, 0.5) is 0 Å². The fraction of sp³-hybridized carbons (Fsp3) is 0.895. The molecular weight excluding hydrogens is 308 g/mol. The van der Waals surface area contributed by atoms with Gasteiger partial charge in [0.05, 0.1) is 13.2 Å². The van der Waals surface area contributed by atoms with Crippen LogP contribution in [0.1, 0.15) is 78.6 Å². The molecule has 0 bridgehead atoms. The molecule has 24 heavy (non-hydrogen) atoms. The first-order chi connectivity index (χ1) is 11.6. The molecule has 5 heteroatoms. The minimum atomic E-state index is -0.203. The highest BCUT2D eigenvalue weighted by molar-refractivity contribution is 5.70. The zero-order valence-electron chi connectivity index (χ0n) is 15.8. The molecule has 0 saturated heterocycles. The first-order valence-electron chi connectivity index (χ1n) is 9.52. The maximum absolute atomic E-state index is 11.7. The normalized spacial score (nSPS) is 12.0. The summed E-state index contributed by atoms with van der Waals surface area (Å²) in [5, 5.41) is 0. The van der Waals surface area contributed by atoms with Gasteiger partial charge in [0.2, 0.25) is 0 Å². The number of unbranched alkanes of at least 4 members (excludes halogenated alkanes) is 2. The molecule has 0 heterocycles. The third kappa shape index (κ3) is 14.5. The number of rotatable bonds is 16. The fourth-order valence-corrected chi connectivity index (χ4v) is 2.28.